The van der Waals surface area contributed by atoms with Crippen LogP contribution in [0, 0.1) is 5.82 Å². The van der Waals surface area contributed by atoms with E-state index in [1.807, 2.05) is 12.1 Å². The van der Waals surface area contributed by atoms with E-state index in [1.165, 1.54) is 7.11 Å². The fraction of sp³-hybridized carbons (Fsp3) is 0.158. The molecule has 1 aliphatic rings. The van der Waals surface area contributed by atoms with Crippen LogP contribution in [0.4, 0.5) is 4.39 Å². The minimum Gasteiger partial charge on any atom is -0.494 e. The second-order valence-electron chi connectivity index (χ2n) is 5.69. The number of nitrogens with two attached hydrogens (primary N) is 2. The van der Waals surface area contributed by atoms with Crippen LogP contribution in [0.5, 0.6) is 5.75 Å². The summed E-state index contributed by atoms with van der Waals surface area (Å²) in [4.78, 5) is 15.6. The Balaban J connectivity index is 2.10. The first-order chi connectivity index (χ1) is 12.0. The average Bonchev–Trinajstić information content (AvgIpc) is 2.60. The highest BCUT2D eigenvalue weighted by atomic mass is 19.1. The molecule has 0 bridgehead atoms. The standard InChI is InChI=1S/C19H18FN3O2/c1-25-16-7-3-6-14(17(16)20)13-5-2-4-11-8-9-12(10-15(11)13)18(24)23-19(21)22/h3,5-10H,2,4H2,1H3,(H4,21,22,23,24). The van der Waals surface area contributed by atoms with Gasteiger partial charge in [0.1, 0.15) is 0 Å². The molecule has 0 aromatic heterocycles. The van der Waals surface area contributed by atoms with Gasteiger partial charge < -0.3 is 16.2 Å². The topological polar surface area (TPSA) is 90.7 Å². The number of guanidine groups is 1. The molecule has 0 unspecified atom stereocenters. The van der Waals surface area contributed by atoms with E-state index in [-0.39, 0.29) is 11.7 Å². The molecule has 4 N–H and O–H groups in total. The molecule has 128 valence electrons. The number of fused-ring (bicyclic) bond motifs is 1. The summed E-state index contributed by atoms with van der Waals surface area (Å²) in [5, 5.41) is 0. The number of aliphatic imine (C=N–C) groups is 1. The van der Waals surface area contributed by atoms with Crippen molar-refractivity contribution in [2.24, 2.45) is 16.5 Å². The van der Waals surface area contributed by atoms with Gasteiger partial charge in [-0.25, -0.2) is 4.39 Å². The van der Waals surface area contributed by atoms with Crippen LogP contribution in [0.25, 0.3) is 5.57 Å². The van der Waals surface area contributed by atoms with Gasteiger partial charge in [-0.3, -0.25) is 4.79 Å². The second kappa shape index (κ2) is 6.76. The fourth-order valence-electron chi connectivity index (χ4n) is 2.97. The SMILES string of the molecule is COc1cccc(C2=CCCc3ccc(C(=O)N=C(N)N)cc32)c1F. The van der Waals surface area contributed by atoms with Crippen LogP contribution < -0.4 is 16.2 Å². The second-order valence-corrected chi connectivity index (χ2v) is 5.69. The van der Waals surface area contributed by atoms with E-state index in [1.54, 1.807) is 30.3 Å². The van der Waals surface area contributed by atoms with Crippen molar-refractivity contribution in [2.45, 2.75) is 12.8 Å². The van der Waals surface area contributed by atoms with Gasteiger partial charge in [-0.15, -0.1) is 0 Å². The van der Waals surface area contributed by atoms with Crippen LogP contribution in [-0.2, 0) is 6.42 Å². The molecule has 1 amide bonds. The average molecular weight is 339 g/mol. The Morgan fingerprint density at radius 3 is 2.72 bits per heavy atom. The molecular weight excluding hydrogens is 321 g/mol. The van der Waals surface area contributed by atoms with Crippen LogP contribution in [0.15, 0.2) is 47.5 Å². The molecule has 0 saturated heterocycles. The summed E-state index contributed by atoms with van der Waals surface area (Å²) in [6, 6.07) is 10.2. The Morgan fingerprint density at radius 1 is 1.20 bits per heavy atom. The highest BCUT2D eigenvalue weighted by Gasteiger charge is 2.20. The number of amides is 1. The normalized spacial score (nSPS) is 12.8. The molecule has 6 heteroatoms. The third-order valence-corrected chi connectivity index (χ3v) is 4.11. The molecular formula is C19H18FN3O2. The quantitative estimate of drug-likeness (QED) is 0.664. The Kier molecular flexibility index (Phi) is 4.52. The van der Waals surface area contributed by atoms with Gasteiger partial charge in [0, 0.05) is 11.1 Å². The van der Waals surface area contributed by atoms with E-state index in [9.17, 15) is 9.18 Å². The number of carbonyl (C=O) groups excluding carboxylic acids is 1. The molecule has 25 heavy (non-hydrogen) atoms. The van der Waals surface area contributed by atoms with Gasteiger partial charge >= 0.3 is 0 Å². The summed E-state index contributed by atoms with van der Waals surface area (Å²) >= 11 is 0. The Hall–Kier alpha value is -3.15. The number of hydrogen-bond donors (Lipinski definition) is 2. The maximum Gasteiger partial charge on any atom is 0.280 e. The van der Waals surface area contributed by atoms with Crippen molar-refractivity contribution in [3.63, 3.8) is 0 Å². The van der Waals surface area contributed by atoms with Crippen LogP contribution in [0.3, 0.4) is 0 Å². The summed E-state index contributed by atoms with van der Waals surface area (Å²) in [5.74, 6) is -1.07. The van der Waals surface area contributed by atoms with Gasteiger partial charge in [0.2, 0.25) is 0 Å². The maximum absolute atomic E-state index is 14.7. The van der Waals surface area contributed by atoms with Gasteiger partial charge in [-0.1, -0.05) is 24.3 Å². The lowest BCUT2D eigenvalue weighted by atomic mass is 9.85. The number of nitrogens with zero attached hydrogens (tertiary/aromatic N) is 1. The number of hydrogen-bond acceptors (Lipinski definition) is 2. The maximum atomic E-state index is 14.7. The number of rotatable bonds is 3. The zero-order valence-corrected chi connectivity index (χ0v) is 13.8. The van der Waals surface area contributed by atoms with Gasteiger partial charge in [-0.2, -0.15) is 4.99 Å². The number of benzene rings is 2. The molecule has 0 spiro atoms. The molecule has 2 aromatic rings. The molecule has 0 fully saturated rings. The third-order valence-electron chi connectivity index (χ3n) is 4.11. The number of halogens is 1. The third kappa shape index (κ3) is 3.24. The molecule has 1 aliphatic carbocycles. The molecule has 0 heterocycles. The largest absolute Gasteiger partial charge is 0.494 e. The number of allylic oxidation sites excluding steroid dienone is 1. The Labute approximate surface area is 144 Å². The first kappa shape index (κ1) is 16.7. The van der Waals surface area contributed by atoms with E-state index in [0.29, 0.717) is 11.1 Å². The van der Waals surface area contributed by atoms with Crippen molar-refractivity contribution >= 4 is 17.4 Å². The number of methoxy groups -OCH3 is 1. The molecule has 0 atom stereocenters. The molecule has 0 saturated carbocycles. The summed E-state index contributed by atoms with van der Waals surface area (Å²) in [6.07, 6.45) is 3.58. The highest BCUT2D eigenvalue weighted by molar-refractivity contribution is 6.02. The molecule has 2 aromatic carbocycles. The summed E-state index contributed by atoms with van der Waals surface area (Å²) < 4.78 is 19.8. The van der Waals surface area contributed by atoms with Gasteiger partial charge in [0.05, 0.1) is 7.11 Å². The van der Waals surface area contributed by atoms with Gasteiger partial charge in [-0.05, 0) is 47.7 Å². The van der Waals surface area contributed by atoms with E-state index in [4.69, 9.17) is 16.2 Å². The van der Waals surface area contributed by atoms with Crippen LogP contribution >= 0.6 is 0 Å². The zero-order chi connectivity index (χ0) is 18.0. The van der Waals surface area contributed by atoms with Gasteiger partial charge in [0.25, 0.3) is 5.91 Å². The van der Waals surface area contributed by atoms with Crippen LogP contribution in [-0.4, -0.2) is 19.0 Å². The molecule has 3 rings (SSSR count). The Morgan fingerprint density at radius 2 is 2.00 bits per heavy atom. The lowest BCUT2D eigenvalue weighted by molar-refractivity contribution is 0.100. The number of aryl methyl sites for hydroxylation is 1. The lowest BCUT2D eigenvalue weighted by Gasteiger charge is -2.20. The summed E-state index contributed by atoms with van der Waals surface area (Å²) in [5.41, 5.74) is 13.9. The summed E-state index contributed by atoms with van der Waals surface area (Å²) in [6.45, 7) is 0. The number of carbonyl (C=O) groups is 1. The molecule has 5 nitrogen and oxygen atoms in total. The van der Waals surface area contributed by atoms with E-state index in [0.717, 1.165) is 29.5 Å². The van der Waals surface area contributed by atoms with Crippen molar-refractivity contribution in [3.05, 3.63) is 70.5 Å². The highest BCUT2D eigenvalue weighted by Crippen LogP contribution is 2.35. The van der Waals surface area contributed by atoms with Crippen LogP contribution in [0.2, 0.25) is 0 Å². The smallest absolute Gasteiger partial charge is 0.280 e. The van der Waals surface area contributed by atoms with Crippen molar-refractivity contribution < 1.29 is 13.9 Å². The minimum absolute atomic E-state index is 0.179. The van der Waals surface area contributed by atoms with Crippen molar-refractivity contribution in [1.29, 1.82) is 0 Å². The summed E-state index contributed by atoms with van der Waals surface area (Å²) in [7, 11) is 1.43. The first-order valence-corrected chi connectivity index (χ1v) is 7.81. The number of ether oxygens (including phenoxy) is 1. The van der Waals surface area contributed by atoms with Crippen molar-refractivity contribution in [3.8, 4) is 5.75 Å². The Bertz CT molecular complexity index is 900. The van der Waals surface area contributed by atoms with Crippen molar-refractivity contribution in [2.75, 3.05) is 7.11 Å². The predicted molar refractivity (Wildman–Crippen MR) is 94.9 cm³/mol. The van der Waals surface area contributed by atoms with E-state index < -0.39 is 11.7 Å². The van der Waals surface area contributed by atoms with E-state index in [2.05, 4.69) is 4.99 Å². The van der Waals surface area contributed by atoms with E-state index >= 15 is 0 Å². The molecule has 0 aliphatic heterocycles. The predicted octanol–water partition coefficient (Wildman–Crippen LogP) is 2.63. The monoisotopic (exact) mass is 339 g/mol. The zero-order valence-electron chi connectivity index (χ0n) is 13.8. The van der Waals surface area contributed by atoms with Gasteiger partial charge in [0.15, 0.2) is 17.5 Å². The van der Waals surface area contributed by atoms with Crippen LogP contribution in [0.1, 0.15) is 33.5 Å². The molecule has 0 radical (unpaired) electrons. The first-order valence-electron chi connectivity index (χ1n) is 7.81. The van der Waals surface area contributed by atoms with Crippen molar-refractivity contribution in [1.82, 2.24) is 0 Å². The fourth-order valence-corrected chi connectivity index (χ4v) is 2.97. The minimum atomic E-state index is -0.529. The lowest BCUT2D eigenvalue weighted by Crippen LogP contribution is -2.24.